The highest BCUT2D eigenvalue weighted by molar-refractivity contribution is 5.89. The summed E-state index contributed by atoms with van der Waals surface area (Å²) in [6, 6.07) is 9.36. The highest BCUT2D eigenvalue weighted by Gasteiger charge is 2.69. The molecule has 1 saturated heterocycles. The molecule has 1 atom stereocenters. The topological polar surface area (TPSA) is 55.6 Å². The van der Waals surface area contributed by atoms with Gasteiger partial charge in [-0.2, -0.15) is 0 Å². The zero-order chi connectivity index (χ0) is 10.4. The van der Waals surface area contributed by atoms with Crippen molar-refractivity contribution in [2.75, 3.05) is 0 Å². The molecule has 3 nitrogen and oxygen atoms in total. The molecule has 1 aromatic rings. The van der Waals surface area contributed by atoms with Gasteiger partial charge in [0.1, 0.15) is 5.60 Å². The first-order chi connectivity index (χ1) is 6.51. The lowest BCUT2D eigenvalue weighted by molar-refractivity contribution is -0.123. The summed E-state index contributed by atoms with van der Waals surface area (Å²) in [7, 11) is 0. The minimum atomic E-state index is -0.922. The second-order valence-corrected chi connectivity index (χ2v) is 4.02. The monoisotopic (exact) mass is 191 g/mol. The number of hydrogen-bond donors (Lipinski definition) is 1. The quantitative estimate of drug-likeness (QED) is 0.713. The number of hydrogen-bond acceptors (Lipinski definition) is 2. The average Bonchev–Trinajstić information content (AvgIpc) is 2.72. The van der Waals surface area contributed by atoms with Crippen LogP contribution >= 0.6 is 0 Å². The molecule has 3 heteroatoms. The van der Waals surface area contributed by atoms with Gasteiger partial charge in [-0.25, -0.2) is 0 Å². The van der Waals surface area contributed by atoms with Gasteiger partial charge in [-0.15, -0.1) is 0 Å². The molecule has 1 heterocycles. The lowest BCUT2D eigenvalue weighted by atomic mass is 9.88. The van der Waals surface area contributed by atoms with E-state index < -0.39 is 17.1 Å². The maximum atomic E-state index is 11.4. The molecule has 74 valence electrons. The second-order valence-electron chi connectivity index (χ2n) is 4.02. The third kappa shape index (κ3) is 0.990. The van der Waals surface area contributed by atoms with E-state index in [1.54, 1.807) is 0 Å². The van der Waals surface area contributed by atoms with Crippen molar-refractivity contribution >= 4 is 5.91 Å². The summed E-state index contributed by atoms with van der Waals surface area (Å²) in [6.07, 6.45) is 0. The molecule has 0 spiro atoms. The molecule has 0 aliphatic carbocycles. The molecule has 0 aromatic heterocycles. The van der Waals surface area contributed by atoms with Crippen LogP contribution < -0.4 is 5.73 Å². The summed E-state index contributed by atoms with van der Waals surface area (Å²) in [5, 5.41) is 0. The average molecular weight is 191 g/mol. The molecule has 0 saturated carbocycles. The summed E-state index contributed by atoms with van der Waals surface area (Å²) in [5.41, 5.74) is 4.80. The summed E-state index contributed by atoms with van der Waals surface area (Å²) < 4.78 is 5.46. The molecule has 0 bridgehead atoms. The van der Waals surface area contributed by atoms with E-state index in [4.69, 9.17) is 10.5 Å². The van der Waals surface area contributed by atoms with Crippen molar-refractivity contribution in [2.24, 2.45) is 5.73 Å². The van der Waals surface area contributed by atoms with Crippen LogP contribution in [0.2, 0.25) is 0 Å². The maximum absolute atomic E-state index is 11.4. The van der Waals surface area contributed by atoms with E-state index in [1.807, 2.05) is 44.2 Å². The highest BCUT2D eigenvalue weighted by atomic mass is 16.6. The van der Waals surface area contributed by atoms with E-state index >= 15 is 0 Å². The first-order valence-electron chi connectivity index (χ1n) is 4.56. The van der Waals surface area contributed by atoms with Crippen LogP contribution in [0.25, 0.3) is 0 Å². The molecule has 1 aliphatic rings. The van der Waals surface area contributed by atoms with Crippen LogP contribution in [0.5, 0.6) is 0 Å². The van der Waals surface area contributed by atoms with Crippen molar-refractivity contribution < 1.29 is 9.53 Å². The van der Waals surface area contributed by atoms with Crippen molar-refractivity contribution in [3.63, 3.8) is 0 Å². The van der Waals surface area contributed by atoms with Crippen LogP contribution in [0.3, 0.4) is 0 Å². The molecule has 14 heavy (non-hydrogen) atoms. The molecule has 2 rings (SSSR count). The van der Waals surface area contributed by atoms with Crippen molar-refractivity contribution in [2.45, 2.75) is 25.0 Å². The summed E-state index contributed by atoms with van der Waals surface area (Å²) in [5.74, 6) is -0.422. The van der Waals surface area contributed by atoms with E-state index in [2.05, 4.69) is 0 Å². The van der Waals surface area contributed by atoms with Crippen molar-refractivity contribution in [3.8, 4) is 0 Å². The molecule has 2 N–H and O–H groups in total. The number of epoxide rings is 1. The molecule has 0 radical (unpaired) electrons. The number of rotatable bonds is 2. The number of carbonyl (C=O) groups is 1. The fraction of sp³-hybridized carbons (Fsp3) is 0.364. The molecular formula is C11H13NO2. The van der Waals surface area contributed by atoms with Gasteiger partial charge in [0, 0.05) is 0 Å². The fourth-order valence-corrected chi connectivity index (χ4v) is 1.93. The Hall–Kier alpha value is -1.35. The smallest absolute Gasteiger partial charge is 0.257 e. The number of nitrogens with two attached hydrogens (primary N) is 1. The number of benzene rings is 1. The Morgan fingerprint density at radius 3 is 2.14 bits per heavy atom. The van der Waals surface area contributed by atoms with Gasteiger partial charge in [0.25, 0.3) is 5.91 Å². The normalized spacial score (nSPS) is 28.4. The van der Waals surface area contributed by atoms with E-state index in [1.165, 1.54) is 0 Å². The third-order valence-electron chi connectivity index (χ3n) is 2.74. The molecular weight excluding hydrogens is 178 g/mol. The molecule has 0 unspecified atom stereocenters. The lowest BCUT2D eigenvalue weighted by Crippen LogP contribution is -2.34. The molecule has 1 fully saturated rings. The molecule has 1 amide bonds. The van der Waals surface area contributed by atoms with Gasteiger partial charge in [-0.1, -0.05) is 30.3 Å². The van der Waals surface area contributed by atoms with Crippen molar-refractivity contribution in [1.29, 1.82) is 0 Å². The second kappa shape index (κ2) is 2.58. The first kappa shape index (κ1) is 9.21. The van der Waals surface area contributed by atoms with E-state index in [-0.39, 0.29) is 0 Å². The maximum Gasteiger partial charge on any atom is 0.257 e. The predicted molar refractivity (Wildman–Crippen MR) is 52.5 cm³/mol. The molecule has 1 aliphatic heterocycles. The zero-order valence-electron chi connectivity index (χ0n) is 8.28. The van der Waals surface area contributed by atoms with E-state index in [0.29, 0.717) is 0 Å². The standard InChI is InChI=1S/C11H13NO2/c1-10(2)11(14-10,9(12)13)8-6-4-3-5-7-8/h3-7H,1-2H3,(H2,12,13)/t11-/m1/s1. The van der Waals surface area contributed by atoms with Crippen LogP contribution in [0.4, 0.5) is 0 Å². The van der Waals surface area contributed by atoms with Gasteiger partial charge < -0.3 is 10.5 Å². The number of carbonyl (C=O) groups excluding carboxylic acids is 1. The zero-order valence-corrected chi connectivity index (χ0v) is 8.28. The van der Waals surface area contributed by atoms with Gasteiger partial charge in [0.15, 0.2) is 5.60 Å². The number of amides is 1. The highest BCUT2D eigenvalue weighted by Crippen LogP contribution is 2.54. The van der Waals surface area contributed by atoms with Crippen molar-refractivity contribution in [1.82, 2.24) is 0 Å². The van der Waals surface area contributed by atoms with Gasteiger partial charge >= 0.3 is 0 Å². The van der Waals surface area contributed by atoms with E-state index in [9.17, 15) is 4.79 Å². The Morgan fingerprint density at radius 2 is 1.79 bits per heavy atom. The van der Waals surface area contributed by atoms with Crippen molar-refractivity contribution in [3.05, 3.63) is 35.9 Å². The van der Waals surface area contributed by atoms with Gasteiger partial charge in [0.05, 0.1) is 0 Å². The minimum absolute atomic E-state index is 0.422. The van der Waals surface area contributed by atoms with Crippen LogP contribution in [0.1, 0.15) is 19.4 Å². The Balaban J connectivity index is 2.47. The van der Waals surface area contributed by atoms with Crippen LogP contribution in [-0.4, -0.2) is 11.5 Å². The lowest BCUT2D eigenvalue weighted by Gasteiger charge is -2.10. The van der Waals surface area contributed by atoms with Gasteiger partial charge in [-0.3, -0.25) is 4.79 Å². The van der Waals surface area contributed by atoms with E-state index in [0.717, 1.165) is 5.56 Å². The fourth-order valence-electron chi connectivity index (χ4n) is 1.93. The summed E-state index contributed by atoms with van der Waals surface area (Å²) in [6.45, 7) is 3.73. The Kier molecular flexibility index (Phi) is 1.70. The first-order valence-corrected chi connectivity index (χ1v) is 4.56. The van der Waals surface area contributed by atoms with Gasteiger partial charge in [0.2, 0.25) is 0 Å². The number of primary amides is 1. The predicted octanol–water partition coefficient (Wildman–Crippen LogP) is 1.18. The summed E-state index contributed by atoms with van der Waals surface area (Å²) in [4.78, 5) is 11.4. The Bertz CT molecular complexity index is 372. The largest absolute Gasteiger partial charge is 0.367 e. The molecule has 1 aromatic carbocycles. The Labute approximate surface area is 82.9 Å². The third-order valence-corrected chi connectivity index (χ3v) is 2.74. The SMILES string of the molecule is CC1(C)O[C@@]1(C(N)=O)c1ccccc1. The Morgan fingerprint density at radius 1 is 1.29 bits per heavy atom. The van der Waals surface area contributed by atoms with Crippen LogP contribution in [-0.2, 0) is 15.1 Å². The summed E-state index contributed by atoms with van der Waals surface area (Å²) >= 11 is 0. The van der Waals surface area contributed by atoms with Crippen LogP contribution in [0, 0.1) is 0 Å². The number of ether oxygens (including phenoxy) is 1. The van der Waals surface area contributed by atoms with Crippen LogP contribution in [0.15, 0.2) is 30.3 Å². The minimum Gasteiger partial charge on any atom is -0.367 e. The van der Waals surface area contributed by atoms with Gasteiger partial charge in [-0.05, 0) is 19.4 Å².